The average Bonchev–Trinajstić information content (AvgIpc) is 2.23. The number of methoxy groups -OCH3 is 1. The third kappa shape index (κ3) is 3.21. The number of H-pyrrole nitrogens is 1. The molecule has 1 aromatic heterocycles. The van der Waals surface area contributed by atoms with Crippen molar-refractivity contribution in [2.45, 2.75) is 19.9 Å². The predicted octanol–water partition coefficient (Wildman–Crippen LogP) is 1.51. The minimum atomic E-state index is -0.348. The molecule has 6 heteroatoms. The van der Waals surface area contributed by atoms with Crippen LogP contribution in [0.25, 0.3) is 0 Å². The Labute approximate surface area is 99.2 Å². The fourth-order valence-electron chi connectivity index (χ4n) is 1.24. The fourth-order valence-corrected chi connectivity index (χ4v) is 1.40. The molecule has 1 unspecified atom stereocenters. The van der Waals surface area contributed by atoms with Gasteiger partial charge in [-0.15, -0.1) is 0 Å². The van der Waals surface area contributed by atoms with Gasteiger partial charge < -0.3 is 15.0 Å². The van der Waals surface area contributed by atoms with Crippen molar-refractivity contribution in [1.29, 1.82) is 0 Å². The van der Waals surface area contributed by atoms with Crippen molar-refractivity contribution in [3.05, 3.63) is 21.7 Å². The third-order valence-electron chi connectivity index (χ3n) is 2.27. The molecule has 0 aliphatic rings. The van der Waals surface area contributed by atoms with Gasteiger partial charge in [-0.25, -0.2) is 4.98 Å². The second-order valence-corrected chi connectivity index (χ2v) is 4.22. The van der Waals surface area contributed by atoms with E-state index in [0.29, 0.717) is 18.3 Å². The number of hydrogen-bond acceptors (Lipinski definition) is 4. The van der Waals surface area contributed by atoms with Crippen LogP contribution in [0.5, 0.6) is 0 Å². The van der Waals surface area contributed by atoms with Crippen molar-refractivity contribution in [3.8, 4) is 0 Å². The van der Waals surface area contributed by atoms with Crippen LogP contribution in [0.15, 0.2) is 11.1 Å². The Morgan fingerprint density at radius 1 is 1.62 bits per heavy atom. The predicted molar refractivity (Wildman–Crippen MR) is 64.0 cm³/mol. The lowest BCUT2D eigenvalue weighted by atomic mass is 10.1. The molecule has 0 saturated carbocycles. The molecule has 2 N–H and O–H groups in total. The molecule has 0 saturated heterocycles. The molecule has 16 heavy (non-hydrogen) atoms. The molecule has 5 nitrogen and oxygen atoms in total. The second kappa shape index (κ2) is 5.86. The summed E-state index contributed by atoms with van der Waals surface area (Å²) in [6.45, 7) is 4.64. The molecule has 0 spiro atoms. The summed E-state index contributed by atoms with van der Waals surface area (Å²) in [6, 6.07) is 0.0665. The Hall–Kier alpha value is -1.07. The van der Waals surface area contributed by atoms with Crippen LogP contribution in [0.2, 0.25) is 5.02 Å². The normalized spacial score (nSPS) is 12.8. The molecule has 0 aliphatic carbocycles. The van der Waals surface area contributed by atoms with E-state index in [9.17, 15) is 4.79 Å². The molecule has 90 valence electrons. The zero-order valence-electron chi connectivity index (χ0n) is 9.58. The Bertz CT molecular complexity index is 392. The summed E-state index contributed by atoms with van der Waals surface area (Å²) in [5, 5.41) is 3.17. The van der Waals surface area contributed by atoms with E-state index in [2.05, 4.69) is 29.1 Å². The van der Waals surface area contributed by atoms with Gasteiger partial charge in [-0.3, -0.25) is 4.79 Å². The van der Waals surface area contributed by atoms with Crippen molar-refractivity contribution in [3.63, 3.8) is 0 Å². The van der Waals surface area contributed by atoms with E-state index >= 15 is 0 Å². The monoisotopic (exact) mass is 245 g/mol. The second-order valence-electron chi connectivity index (χ2n) is 3.84. The summed E-state index contributed by atoms with van der Waals surface area (Å²) in [6.07, 6.45) is 1.32. The van der Waals surface area contributed by atoms with Gasteiger partial charge in [0.1, 0.15) is 5.02 Å². The SMILES string of the molecule is COCC(Nc1nc[nH]c(=O)c1Cl)C(C)C. The van der Waals surface area contributed by atoms with Crippen molar-refractivity contribution >= 4 is 17.4 Å². The van der Waals surface area contributed by atoms with Crippen LogP contribution < -0.4 is 10.9 Å². The zero-order chi connectivity index (χ0) is 12.1. The first-order valence-electron chi connectivity index (χ1n) is 5.05. The minimum Gasteiger partial charge on any atom is -0.383 e. The maximum absolute atomic E-state index is 11.3. The number of hydrogen-bond donors (Lipinski definition) is 2. The highest BCUT2D eigenvalue weighted by atomic mass is 35.5. The van der Waals surface area contributed by atoms with Crippen LogP contribution in [-0.2, 0) is 4.74 Å². The maximum atomic E-state index is 11.3. The van der Waals surface area contributed by atoms with E-state index in [0.717, 1.165) is 0 Å². The first-order valence-corrected chi connectivity index (χ1v) is 5.42. The molecule has 0 amide bonds. The largest absolute Gasteiger partial charge is 0.383 e. The number of rotatable bonds is 5. The van der Waals surface area contributed by atoms with Gasteiger partial charge in [0, 0.05) is 7.11 Å². The van der Waals surface area contributed by atoms with Gasteiger partial charge in [0.05, 0.1) is 19.0 Å². The first-order chi connectivity index (χ1) is 7.56. The van der Waals surface area contributed by atoms with Crippen molar-refractivity contribution < 1.29 is 4.74 Å². The Kier molecular flexibility index (Phi) is 4.76. The smallest absolute Gasteiger partial charge is 0.271 e. The molecule has 0 aliphatic heterocycles. The van der Waals surface area contributed by atoms with E-state index in [4.69, 9.17) is 16.3 Å². The number of aromatic nitrogens is 2. The van der Waals surface area contributed by atoms with Gasteiger partial charge in [-0.2, -0.15) is 0 Å². The standard InChI is InChI=1S/C10H16ClN3O2/c1-6(2)7(4-16-3)14-9-8(11)10(15)13-5-12-9/h5-7H,4H2,1-3H3,(H2,12,13,14,15). The highest BCUT2D eigenvalue weighted by molar-refractivity contribution is 6.32. The molecule has 0 fully saturated rings. The third-order valence-corrected chi connectivity index (χ3v) is 2.62. The number of nitrogens with zero attached hydrogens (tertiary/aromatic N) is 1. The zero-order valence-corrected chi connectivity index (χ0v) is 10.3. The number of anilines is 1. The molecular weight excluding hydrogens is 230 g/mol. The number of halogens is 1. The summed E-state index contributed by atoms with van der Waals surface area (Å²) in [4.78, 5) is 17.6. The first kappa shape index (κ1) is 13.0. The highest BCUT2D eigenvalue weighted by Crippen LogP contribution is 2.16. The number of nitrogens with one attached hydrogen (secondary N) is 2. The van der Waals surface area contributed by atoms with E-state index in [1.807, 2.05) is 0 Å². The summed E-state index contributed by atoms with van der Waals surface area (Å²) in [5.74, 6) is 0.735. The maximum Gasteiger partial charge on any atom is 0.271 e. The van der Waals surface area contributed by atoms with Gasteiger partial charge in [-0.05, 0) is 5.92 Å². The van der Waals surface area contributed by atoms with Crippen LogP contribution in [-0.4, -0.2) is 29.7 Å². The van der Waals surface area contributed by atoms with Crippen LogP contribution in [0.3, 0.4) is 0 Å². The molecule has 1 atom stereocenters. The lowest BCUT2D eigenvalue weighted by molar-refractivity contribution is 0.171. The Morgan fingerprint density at radius 2 is 2.31 bits per heavy atom. The van der Waals surface area contributed by atoms with Crippen molar-refractivity contribution in [2.75, 3.05) is 19.0 Å². The van der Waals surface area contributed by atoms with Gasteiger partial charge >= 0.3 is 0 Å². The fraction of sp³-hybridized carbons (Fsp3) is 0.600. The molecular formula is C10H16ClN3O2. The Morgan fingerprint density at radius 3 is 2.88 bits per heavy atom. The Balaban J connectivity index is 2.85. The van der Waals surface area contributed by atoms with Crippen LogP contribution >= 0.6 is 11.6 Å². The molecule has 0 radical (unpaired) electrons. The summed E-state index contributed by atoms with van der Waals surface area (Å²) in [7, 11) is 1.63. The molecule has 1 rings (SSSR count). The number of aromatic amines is 1. The lowest BCUT2D eigenvalue weighted by Crippen LogP contribution is -2.31. The number of ether oxygens (including phenoxy) is 1. The van der Waals surface area contributed by atoms with Crippen LogP contribution in [0.4, 0.5) is 5.82 Å². The quantitative estimate of drug-likeness (QED) is 0.825. The molecule has 1 heterocycles. The van der Waals surface area contributed by atoms with E-state index < -0.39 is 0 Å². The van der Waals surface area contributed by atoms with Crippen molar-refractivity contribution in [2.24, 2.45) is 5.92 Å². The van der Waals surface area contributed by atoms with Gasteiger partial charge in [-0.1, -0.05) is 25.4 Å². The summed E-state index contributed by atoms with van der Waals surface area (Å²) in [5.41, 5.74) is -0.348. The van der Waals surface area contributed by atoms with Crippen molar-refractivity contribution in [1.82, 2.24) is 9.97 Å². The summed E-state index contributed by atoms with van der Waals surface area (Å²) < 4.78 is 5.09. The minimum absolute atomic E-state index is 0.0665. The molecule has 0 bridgehead atoms. The lowest BCUT2D eigenvalue weighted by Gasteiger charge is -2.22. The average molecular weight is 246 g/mol. The van der Waals surface area contributed by atoms with E-state index in [1.54, 1.807) is 7.11 Å². The molecule has 0 aromatic carbocycles. The van der Waals surface area contributed by atoms with Crippen LogP contribution in [0.1, 0.15) is 13.8 Å². The van der Waals surface area contributed by atoms with E-state index in [-0.39, 0.29) is 16.6 Å². The van der Waals surface area contributed by atoms with Gasteiger partial charge in [0.15, 0.2) is 5.82 Å². The molecule has 1 aromatic rings. The van der Waals surface area contributed by atoms with E-state index in [1.165, 1.54) is 6.33 Å². The van der Waals surface area contributed by atoms with Gasteiger partial charge in [0.25, 0.3) is 5.56 Å². The van der Waals surface area contributed by atoms with Crippen LogP contribution in [0, 0.1) is 5.92 Å². The highest BCUT2D eigenvalue weighted by Gasteiger charge is 2.15. The summed E-state index contributed by atoms with van der Waals surface area (Å²) >= 11 is 5.83. The topological polar surface area (TPSA) is 67.0 Å². The van der Waals surface area contributed by atoms with Gasteiger partial charge in [0.2, 0.25) is 0 Å².